The van der Waals surface area contributed by atoms with Gasteiger partial charge in [0.1, 0.15) is 0 Å². The van der Waals surface area contributed by atoms with Crippen molar-refractivity contribution in [1.29, 1.82) is 0 Å². The SMILES string of the molecule is O=C(c1cn(C2CCCCC2)nn1)N1CCCC1. The zero-order chi connectivity index (χ0) is 12.4. The highest BCUT2D eigenvalue weighted by Crippen LogP contribution is 2.27. The van der Waals surface area contributed by atoms with Crippen LogP contribution in [0.5, 0.6) is 0 Å². The number of rotatable bonds is 2. The summed E-state index contributed by atoms with van der Waals surface area (Å²) in [4.78, 5) is 14.0. The fourth-order valence-corrected chi connectivity index (χ4v) is 2.98. The molecule has 1 aliphatic heterocycles. The summed E-state index contributed by atoms with van der Waals surface area (Å²) < 4.78 is 1.91. The lowest BCUT2D eigenvalue weighted by Gasteiger charge is -2.21. The molecule has 2 heterocycles. The van der Waals surface area contributed by atoms with Crippen LogP contribution in [0, 0.1) is 0 Å². The van der Waals surface area contributed by atoms with E-state index in [1.165, 1.54) is 32.1 Å². The Morgan fingerprint density at radius 2 is 1.83 bits per heavy atom. The lowest BCUT2D eigenvalue weighted by molar-refractivity contribution is 0.0787. The summed E-state index contributed by atoms with van der Waals surface area (Å²) >= 11 is 0. The summed E-state index contributed by atoms with van der Waals surface area (Å²) in [6.07, 6.45) is 10.3. The molecule has 18 heavy (non-hydrogen) atoms. The molecule has 1 amide bonds. The minimum Gasteiger partial charge on any atom is -0.337 e. The zero-order valence-electron chi connectivity index (χ0n) is 10.7. The lowest BCUT2D eigenvalue weighted by Crippen LogP contribution is -2.27. The average Bonchev–Trinajstić information content (AvgIpc) is 3.10. The van der Waals surface area contributed by atoms with Gasteiger partial charge in [-0.05, 0) is 25.7 Å². The molecular formula is C13H20N4O. The van der Waals surface area contributed by atoms with Gasteiger partial charge in [-0.3, -0.25) is 4.79 Å². The van der Waals surface area contributed by atoms with Gasteiger partial charge in [-0.1, -0.05) is 24.5 Å². The smallest absolute Gasteiger partial charge is 0.276 e. The van der Waals surface area contributed by atoms with Gasteiger partial charge in [-0.15, -0.1) is 5.10 Å². The maximum atomic E-state index is 12.2. The van der Waals surface area contributed by atoms with Crippen LogP contribution in [0.25, 0.3) is 0 Å². The molecule has 98 valence electrons. The number of aromatic nitrogens is 3. The van der Waals surface area contributed by atoms with Crippen LogP contribution >= 0.6 is 0 Å². The number of likely N-dealkylation sites (tertiary alicyclic amines) is 1. The second-order valence-corrected chi connectivity index (χ2v) is 5.37. The van der Waals surface area contributed by atoms with Crippen molar-refractivity contribution in [2.75, 3.05) is 13.1 Å². The van der Waals surface area contributed by atoms with E-state index in [0.717, 1.165) is 25.9 Å². The molecule has 5 heteroatoms. The van der Waals surface area contributed by atoms with Crippen LogP contribution in [0.3, 0.4) is 0 Å². The number of amides is 1. The molecule has 0 atom stereocenters. The van der Waals surface area contributed by atoms with Crippen molar-refractivity contribution in [1.82, 2.24) is 19.9 Å². The van der Waals surface area contributed by atoms with E-state index in [9.17, 15) is 4.79 Å². The maximum absolute atomic E-state index is 12.2. The molecule has 3 rings (SSSR count). The quantitative estimate of drug-likeness (QED) is 0.804. The predicted octanol–water partition coefficient (Wildman–Crippen LogP) is 2.02. The van der Waals surface area contributed by atoms with Crippen molar-refractivity contribution in [3.05, 3.63) is 11.9 Å². The van der Waals surface area contributed by atoms with E-state index in [0.29, 0.717) is 11.7 Å². The molecule has 5 nitrogen and oxygen atoms in total. The van der Waals surface area contributed by atoms with Crippen LogP contribution in [0.1, 0.15) is 61.5 Å². The fourth-order valence-electron chi connectivity index (χ4n) is 2.98. The third kappa shape index (κ3) is 2.26. The summed E-state index contributed by atoms with van der Waals surface area (Å²) in [5, 5.41) is 8.21. The lowest BCUT2D eigenvalue weighted by atomic mass is 9.96. The molecule has 0 spiro atoms. The molecule has 0 unspecified atom stereocenters. The maximum Gasteiger partial charge on any atom is 0.276 e. The van der Waals surface area contributed by atoms with E-state index in [1.807, 2.05) is 15.8 Å². The zero-order valence-corrected chi connectivity index (χ0v) is 10.7. The summed E-state index contributed by atoms with van der Waals surface area (Å²) in [6, 6.07) is 0.450. The van der Waals surface area contributed by atoms with Gasteiger partial charge in [0.05, 0.1) is 12.2 Å². The van der Waals surface area contributed by atoms with E-state index >= 15 is 0 Å². The topological polar surface area (TPSA) is 51.0 Å². The number of carbonyl (C=O) groups excluding carboxylic acids is 1. The first-order valence-electron chi connectivity index (χ1n) is 7.06. The predicted molar refractivity (Wildman–Crippen MR) is 67.3 cm³/mol. The molecule has 0 bridgehead atoms. The van der Waals surface area contributed by atoms with Gasteiger partial charge >= 0.3 is 0 Å². The van der Waals surface area contributed by atoms with Gasteiger partial charge in [0.25, 0.3) is 5.91 Å². The second kappa shape index (κ2) is 5.08. The third-order valence-corrected chi connectivity index (χ3v) is 4.07. The van der Waals surface area contributed by atoms with Crippen LogP contribution in [-0.2, 0) is 0 Å². The molecule has 1 aromatic rings. The molecule has 1 saturated carbocycles. The number of nitrogens with zero attached hydrogens (tertiary/aromatic N) is 4. The van der Waals surface area contributed by atoms with Gasteiger partial charge in [0.15, 0.2) is 5.69 Å². The van der Waals surface area contributed by atoms with Crippen LogP contribution in [0.4, 0.5) is 0 Å². The molecule has 0 N–H and O–H groups in total. The van der Waals surface area contributed by atoms with Gasteiger partial charge < -0.3 is 4.90 Å². The van der Waals surface area contributed by atoms with Crippen molar-refractivity contribution in [3.63, 3.8) is 0 Å². The molecule has 1 aromatic heterocycles. The van der Waals surface area contributed by atoms with Crippen LogP contribution < -0.4 is 0 Å². The number of carbonyl (C=O) groups is 1. The third-order valence-electron chi connectivity index (χ3n) is 4.07. The number of hydrogen-bond donors (Lipinski definition) is 0. The van der Waals surface area contributed by atoms with Crippen molar-refractivity contribution in [2.24, 2.45) is 0 Å². The Labute approximate surface area is 107 Å². The monoisotopic (exact) mass is 248 g/mol. The van der Waals surface area contributed by atoms with Crippen molar-refractivity contribution >= 4 is 5.91 Å². The Bertz CT molecular complexity index is 416. The van der Waals surface area contributed by atoms with Crippen molar-refractivity contribution in [3.8, 4) is 0 Å². The summed E-state index contributed by atoms with van der Waals surface area (Å²) in [6.45, 7) is 1.74. The van der Waals surface area contributed by atoms with E-state index in [1.54, 1.807) is 0 Å². The van der Waals surface area contributed by atoms with E-state index in [2.05, 4.69) is 10.3 Å². The molecule has 0 aromatic carbocycles. The highest BCUT2D eigenvalue weighted by molar-refractivity contribution is 5.92. The first-order valence-corrected chi connectivity index (χ1v) is 7.06. The Morgan fingerprint density at radius 1 is 1.11 bits per heavy atom. The molecule has 2 aliphatic rings. The minimum atomic E-state index is 0.0505. The largest absolute Gasteiger partial charge is 0.337 e. The minimum absolute atomic E-state index is 0.0505. The van der Waals surface area contributed by atoms with Gasteiger partial charge in [-0.2, -0.15) is 0 Å². The highest BCUT2D eigenvalue weighted by atomic mass is 16.2. The molecule has 0 radical (unpaired) electrons. The second-order valence-electron chi connectivity index (χ2n) is 5.37. The van der Waals surface area contributed by atoms with Crippen molar-refractivity contribution < 1.29 is 4.79 Å². The normalized spacial score (nSPS) is 21.4. The highest BCUT2D eigenvalue weighted by Gasteiger charge is 2.23. The standard InChI is InChI=1S/C13H20N4O/c18-13(16-8-4-5-9-16)12-10-17(15-14-12)11-6-2-1-3-7-11/h10-11H,1-9H2. The van der Waals surface area contributed by atoms with E-state index < -0.39 is 0 Å². The Hall–Kier alpha value is -1.39. The van der Waals surface area contributed by atoms with Crippen LogP contribution in [0.15, 0.2) is 6.20 Å². The Morgan fingerprint density at radius 3 is 2.56 bits per heavy atom. The first kappa shape index (κ1) is 11.7. The van der Waals surface area contributed by atoms with E-state index in [-0.39, 0.29) is 5.91 Å². The summed E-state index contributed by atoms with van der Waals surface area (Å²) in [7, 11) is 0. The van der Waals surface area contributed by atoms with E-state index in [4.69, 9.17) is 0 Å². The summed E-state index contributed by atoms with van der Waals surface area (Å²) in [5.74, 6) is 0.0505. The molecular weight excluding hydrogens is 228 g/mol. The van der Waals surface area contributed by atoms with Gasteiger partial charge in [0.2, 0.25) is 0 Å². The van der Waals surface area contributed by atoms with Crippen molar-refractivity contribution in [2.45, 2.75) is 51.0 Å². The first-order chi connectivity index (χ1) is 8.84. The molecule has 1 saturated heterocycles. The summed E-state index contributed by atoms with van der Waals surface area (Å²) in [5.41, 5.74) is 0.516. The average molecular weight is 248 g/mol. The van der Waals surface area contributed by atoms with Crippen LogP contribution in [-0.4, -0.2) is 38.9 Å². The molecule has 2 fully saturated rings. The fraction of sp³-hybridized carbons (Fsp3) is 0.769. The van der Waals surface area contributed by atoms with Crippen LogP contribution in [0.2, 0.25) is 0 Å². The van der Waals surface area contributed by atoms with Gasteiger partial charge in [0, 0.05) is 13.1 Å². The van der Waals surface area contributed by atoms with Gasteiger partial charge in [-0.25, -0.2) is 4.68 Å². The Kier molecular flexibility index (Phi) is 3.30. The number of hydrogen-bond acceptors (Lipinski definition) is 3. The Balaban J connectivity index is 1.70. The molecule has 1 aliphatic carbocycles.